The number of alkyl halides is 3. The van der Waals surface area contributed by atoms with Crippen molar-refractivity contribution in [1.29, 1.82) is 0 Å². The Kier molecular flexibility index (Phi) is 9.16. The number of rotatable bonds is 9. The summed E-state index contributed by atoms with van der Waals surface area (Å²) in [6.45, 7) is 3.36. The molecule has 7 heterocycles. The van der Waals surface area contributed by atoms with Crippen LogP contribution in [-0.4, -0.2) is 109 Å². The Morgan fingerprint density at radius 1 is 0.967 bits per heavy atom. The second-order valence-electron chi connectivity index (χ2n) is 17.0. The summed E-state index contributed by atoms with van der Waals surface area (Å²) in [4.78, 5) is 76.4. The number of amides is 5. The van der Waals surface area contributed by atoms with Crippen LogP contribution in [0.4, 0.5) is 33.3 Å². The van der Waals surface area contributed by atoms with E-state index in [-0.39, 0.29) is 89.9 Å². The molecule has 0 spiro atoms. The number of imidazole rings is 1. The van der Waals surface area contributed by atoms with Gasteiger partial charge in [-0.25, -0.2) is 31.9 Å². The zero-order valence-corrected chi connectivity index (χ0v) is 32.4. The Hall–Kier alpha value is -5.82. The van der Waals surface area contributed by atoms with E-state index >= 15 is 13.2 Å². The Morgan fingerprint density at radius 2 is 1.65 bits per heavy atom. The van der Waals surface area contributed by atoms with Crippen LogP contribution in [0, 0.1) is 11.6 Å². The number of fused-ring (bicyclic) bond motifs is 2. The highest BCUT2D eigenvalue weighted by Crippen LogP contribution is 2.55. The van der Waals surface area contributed by atoms with Crippen molar-refractivity contribution < 1.29 is 51.0 Å². The number of anilines is 2. The van der Waals surface area contributed by atoms with Crippen molar-refractivity contribution in [2.75, 3.05) is 42.9 Å². The molecule has 5 aliphatic rings. The second-order valence-corrected chi connectivity index (χ2v) is 17.0. The molecule has 0 radical (unpaired) electrons. The highest BCUT2D eigenvalue weighted by atomic mass is 19.3. The molecule has 1 aliphatic carbocycles. The lowest BCUT2D eigenvalue weighted by Crippen LogP contribution is -2.64. The molecule has 3 aromatic heterocycles. The van der Waals surface area contributed by atoms with Crippen molar-refractivity contribution in [2.45, 2.75) is 81.0 Å². The van der Waals surface area contributed by atoms with Gasteiger partial charge in [0, 0.05) is 43.3 Å². The van der Waals surface area contributed by atoms with Crippen LogP contribution in [-0.2, 0) is 15.2 Å². The lowest BCUT2D eigenvalue weighted by atomic mass is 9.90. The van der Waals surface area contributed by atoms with Gasteiger partial charge in [0.1, 0.15) is 17.6 Å². The SMILES string of the molecule is CC(C)(O)c1c(NC(=O)c2cccc(C3CC3(F)F)n2)cn2cc(C3CCN(CC4(F)CN(c5cc6c(cc5F)C(=O)N(C5CCC(=O)NC5=O)C6=O)C4)CC3)nc2c1F. The first kappa shape index (κ1) is 39.6. The fraction of sp³-hybridized carbons (Fsp3) is 0.439. The summed E-state index contributed by atoms with van der Waals surface area (Å²) in [5, 5.41) is 15.7. The monoisotopic (exact) mass is 834 g/mol. The highest BCUT2D eigenvalue weighted by molar-refractivity contribution is 6.23. The fourth-order valence-corrected chi connectivity index (χ4v) is 8.91. The third-order valence-corrected chi connectivity index (χ3v) is 12.1. The van der Waals surface area contributed by atoms with Crippen LogP contribution in [0.25, 0.3) is 5.65 Å². The number of aliphatic hydroxyl groups is 1. The number of nitrogens with one attached hydrogen (secondary N) is 2. The first-order valence-electron chi connectivity index (χ1n) is 19.6. The third kappa shape index (κ3) is 6.86. The van der Waals surface area contributed by atoms with E-state index in [1.807, 2.05) is 4.90 Å². The maximum absolute atomic E-state index is 16.2. The Bertz CT molecular complexity index is 2530. The average Bonchev–Trinajstić information content (AvgIpc) is 3.48. The molecule has 314 valence electrons. The number of halogens is 5. The molecule has 4 fully saturated rings. The Balaban J connectivity index is 0.843. The minimum absolute atomic E-state index is 0.0438. The number of benzene rings is 1. The maximum Gasteiger partial charge on any atom is 0.274 e. The van der Waals surface area contributed by atoms with Crippen LogP contribution in [0.5, 0.6) is 0 Å². The summed E-state index contributed by atoms with van der Waals surface area (Å²) in [5.41, 5.74) is -3.72. The molecule has 4 aromatic rings. The van der Waals surface area contributed by atoms with Gasteiger partial charge in [-0.2, -0.15) is 0 Å². The zero-order chi connectivity index (χ0) is 42.6. The minimum atomic E-state index is -2.89. The van der Waals surface area contributed by atoms with Crippen molar-refractivity contribution in [1.82, 2.24) is 29.5 Å². The summed E-state index contributed by atoms with van der Waals surface area (Å²) in [6.07, 6.45) is 3.69. The number of carbonyl (C=O) groups is 5. The van der Waals surface area contributed by atoms with Gasteiger partial charge in [0.05, 0.1) is 58.5 Å². The Labute approximate surface area is 338 Å². The second kappa shape index (κ2) is 13.9. The highest BCUT2D eigenvalue weighted by Gasteiger charge is 2.58. The molecule has 4 aliphatic heterocycles. The van der Waals surface area contributed by atoms with Crippen molar-refractivity contribution in [3.8, 4) is 0 Å². The van der Waals surface area contributed by atoms with E-state index in [9.17, 15) is 37.9 Å². The summed E-state index contributed by atoms with van der Waals surface area (Å²) >= 11 is 0. The van der Waals surface area contributed by atoms with E-state index in [1.165, 1.54) is 53.6 Å². The van der Waals surface area contributed by atoms with Crippen LogP contribution in [0.3, 0.4) is 0 Å². The number of hydrogen-bond acceptors (Lipinski definition) is 10. The molecule has 19 heteroatoms. The summed E-state index contributed by atoms with van der Waals surface area (Å²) < 4.78 is 76.4. The van der Waals surface area contributed by atoms with Crippen LogP contribution < -0.4 is 15.5 Å². The van der Waals surface area contributed by atoms with Crippen molar-refractivity contribution in [3.05, 3.63) is 88.1 Å². The molecule has 1 saturated carbocycles. The quantitative estimate of drug-likeness (QED) is 0.162. The fourth-order valence-electron chi connectivity index (χ4n) is 8.91. The molecule has 3 saturated heterocycles. The van der Waals surface area contributed by atoms with Crippen molar-refractivity contribution in [3.63, 3.8) is 0 Å². The average molecular weight is 835 g/mol. The van der Waals surface area contributed by atoms with E-state index < -0.39 is 70.3 Å². The number of carbonyl (C=O) groups excluding carboxylic acids is 5. The lowest BCUT2D eigenvalue weighted by Gasteiger charge is -2.48. The summed E-state index contributed by atoms with van der Waals surface area (Å²) in [6, 6.07) is 5.15. The molecule has 5 amide bonds. The van der Waals surface area contributed by atoms with Crippen molar-refractivity contribution in [2.24, 2.45) is 0 Å². The van der Waals surface area contributed by atoms with Gasteiger partial charge in [-0.15, -0.1) is 0 Å². The molecule has 2 atom stereocenters. The minimum Gasteiger partial charge on any atom is -0.386 e. The number of imide groups is 2. The first-order valence-corrected chi connectivity index (χ1v) is 19.6. The van der Waals surface area contributed by atoms with Gasteiger partial charge < -0.3 is 19.7 Å². The third-order valence-electron chi connectivity index (χ3n) is 12.1. The van der Waals surface area contributed by atoms with Gasteiger partial charge in [0.2, 0.25) is 11.8 Å². The lowest BCUT2D eigenvalue weighted by molar-refractivity contribution is -0.136. The molecule has 1 aromatic carbocycles. The number of likely N-dealkylation sites (tertiary alicyclic amines) is 1. The number of aromatic nitrogens is 3. The van der Waals surface area contributed by atoms with Gasteiger partial charge in [-0.05, 0) is 70.5 Å². The largest absolute Gasteiger partial charge is 0.386 e. The topological polar surface area (TPSA) is 170 Å². The van der Waals surface area contributed by atoms with E-state index in [2.05, 4.69) is 20.6 Å². The molecular formula is C41H39F5N8O6. The maximum atomic E-state index is 16.2. The first-order chi connectivity index (χ1) is 28.3. The molecule has 9 rings (SSSR count). The Morgan fingerprint density at radius 3 is 2.30 bits per heavy atom. The van der Waals surface area contributed by atoms with Crippen molar-refractivity contribution >= 4 is 46.6 Å². The van der Waals surface area contributed by atoms with Crippen LogP contribution in [0.1, 0.15) is 106 Å². The van der Waals surface area contributed by atoms with Crippen LogP contribution in [0.2, 0.25) is 0 Å². The van der Waals surface area contributed by atoms with E-state index in [4.69, 9.17) is 0 Å². The normalized spacial score (nSPS) is 22.9. The number of nitrogens with zero attached hydrogens (tertiary/aromatic N) is 6. The zero-order valence-electron chi connectivity index (χ0n) is 32.4. The molecule has 60 heavy (non-hydrogen) atoms. The molecule has 0 bridgehead atoms. The molecule has 2 unspecified atom stereocenters. The molecule has 14 nitrogen and oxygen atoms in total. The summed E-state index contributed by atoms with van der Waals surface area (Å²) in [5.74, 6) is -9.49. The van der Waals surface area contributed by atoms with Gasteiger partial charge in [-0.3, -0.25) is 39.1 Å². The predicted molar refractivity (Wildman–Crippen MR) is 202 cm³/mol. The summed E-state index contributed by atoms with van der Waals surface area (Å²) in [7, 11) is 0. The number of pyridine rings is 2. The van der Waals surface area contributed by atoms with Crippen LogP contribution >= 0.6 is 0 Å². The van der Waals surface area contributed by atoms with Gasteiger partial charge in [0.15, 0.2) is 17.1 Å². The van der Waals surface area contributed by atoms with Gasteiger partial charge in [-0.1, -0.05) is 6.07 Å². The standard InChI is InChI=1S/C41H39F5N8O6/c1-39(2,60)32-28(49-35(56)26-5-3-4-25(47-26)23-14-41(23,45)46)16-52-15-27(48-34(52)33(32)43)20-8-10-51(11-9-20)17-40(44)18-53(19-40)30-13-22-21(12-24(30)42)37(58)54(38(22)59)29-6-7-31(55)50-36(29)57/h3-5,12-13,15-16,20,23,29,60H,6-11,14,17-19H2,1-2H3,(H,49,56)(H,50,55,57). The van der Waals surface area contributed by atoms with E-state index in [0.717, 1.165) is 11.0 Å². The molecule has 3 N–H and O–H groups in total. The number of hydrogen-bond donors (Lipinski definition) is 3. The number of piperidine rings is 2. The van der Waals surface area contributed by atoms with Gasteiger partial charge in [0.25, 0.3) is 23.6 Å². The van der Waals surface area contributed by atoms with Crippen LogP contribution in [0.15, 0.2) is 42.7 Å². The predicted octanol–water partition coefficient (Wildman–Crippen LogP) is 4.42. The van der Waals surface area contributed by atoms with Gasteiger partial charge >= 0.3 is 0 Å². The smallest absolute Gasteiger partial charge is 0.274 e. The molecular weight excluding hydrogens is 795 g/mol. The van der Waals surface area contributed by atoms with E-state index in [0.29, 0.717) is 31.6 Å². The van der Waals surface area contributed by atoms with E-state index in [1.54, 1.807) is 6.20 Å².